The largest absolute Gasteiger partial charge is 0.294 e. The molecule has 1 aromatic carbocycles. The van der Waals surface area contributed by atoms with E-state index in [1.54, 1.807) is 13.1 Å². The molecule has 4 aromatic rings. The van der Waals surface area contributed by atoms with Crippen LogP contribution in [0.3, 0.4) is 0 Å². The molecule has 0 fully saturated rings. The maximum Gasteiger partial charge on any atom is 0.234 e. The Hall–Kier alpha value is -3.61. The maximum absolute atomic E-state index is 13.1. The zero-order valence-electron chi connectivity index (χ0n) is 18.2. The van der Waals surface area contributed by atoms with Crippen LogP contribution in [0.5, 0.6) is 0 Å². The third-order valence-electron chi connectivity index (χ3n) is 4.99. The standard InChI is InChI=1S/C24H25N5O2/c1-24(2,3)13-21(31)18-14-25-28(4)22(18)20(30)12-17-10-11-29-15-19(27-23(29)26-17)16-8-6-5-7-9-16/h5-11,14-15H,12-13H2,1-4H3. The van der Waals surface area contributed by atoms with Crippen molar-refractivity contribution in [2.75, 3.05) is 0 Å². The number of aryl methyl sites for hydroxylation is 1. The summed E-state index contributed by atoms with van der Waals surface area (Å²) in [5.41, 5.74) is 2.94. The Labute approximate surface area is 180 Å². The van der Waals surface area contributed by atoms with E-state index in [2.05, 4.69) is 15.1 Å². The van der Waals surface area contributed by atoms with E-state index < -0.39 is 0 Å². The summed E-state index contributed by atoms with van der Waals surface area (Å²) in [6.07, 6.45) is 5.66. The van der Waals surface area contributed by atoms with Crippen LogP contribution in [0.1, 0.15) is 53.7 Å². The molecule has 3 heterocycles. The van der Waals surface area contributed by atoms with Gasteiger partial charge in [-0.15, -0.1) is 0 Å². The Kier molecular flexibility index (Phi) is 5.27. The second-order valence-electron chi connectivity index (χ2n) is 8.91. The predicted octanol–water partition coefficient (Wildman–Crippen LogP) is 4.17. The van der Waals surface area contributed by atoms with Gasteiger partial charge in [-0.2, -0.15) is 5.10 Å². The van der Waals surface area contributed by atoms with Crippen molar-refractivity contribution in [3.63, 3.8) is 0 Å². The van der Waals surface area contributed by atoms with Crippen LogP contribution in [0.25, 0.3) is 17.0 Å². The SMILES string of the molecule is Cn1ncc(C(=O)CC(C)(C)C)c1C(=O)Cc1ccn2cc(-c3ccccc3)nc2n1. The summed E-state index contributed by atoms with van der Waals surface area (Å²) in [5, 5.41) is 4.16. The third-order valence-corrected chi connectivity index (χ3v) is 4.99. The molecule has 0 saturated carbocycles. The topological polar surface area (TPSA) is 82.2 Å². The molecular weight excluding hydrogens is 390 g/mol. The first-order valence-electron chi connectivity index (χ1n) is 10.2. The molecule has 0 bridgehead atoms. The molecule has 7 nitrogen and oxygen atoms in total. The summed E-state index contributed by atoms with van der Waals surface area (Å²) in [7, 11) is 1.68. The smallest absolute Gasteiger partial charge is 0.234 e. The molecule has 3 aromatic heterocycles. The zero-order chi connectivity index (χ0) is 22.2. The molecule has 0 saturated heterocycles. The van der Waals surface area contributed by atoms with Crippen LogP contribution in [0.4, 0.5) is 0 Å². The molecule has 0 N–H and O–H groups in total. The van der Waals surface area contributed by atoms with Gasteiger partial charge in [-0.1, -0.05) is 51.1 Å². The minimum atomic E-state index is -0.191. The average molecular weight is 415 g/mol. The van der Waals surface area contributed by atoms with Crippen LogP contribution in [-0.2, 0) is 13.5 Å². The number of rotatable bonds is 6. The molecule has 0 amide bonds. The fourth-order valence-electron chi connectivity index (χ4n) is 3.55. The fourth-order valence-corrected chi connectivity index (χ4v) is 3.55. The Bertz CT molecular complexity index is 1260. The summed E-state index contributed by atoms with van der Waals surface area (Å²) < 4.78 is 3.30. The Morgan fingerprint density at radius 2 is 1.74 bits per heavy atom. The number of hydrogen-bond donors (Lipinski definition) is 0. The van der Waals surface area contributed by atoms with E-state index in [1.807, 2.05) is 67.9 Å². The summed E-state index contributed by atoms with van der Waals surface area (Å²) in [6.45, 7) is 5.99. The van der Waals surface area contributed by atoms with E-state index in [1.165, 1.54) is 10.9 Å². The van der Waals surface area contributed by atoms with Gasteiger partial charge < -0.3 is 0 Å². The number of benzene rings is 1. The number of carbonyl (C=O) groups excluding carboxylic acids is 2. The molecular formula is C24H25N5O2. The average Bonchev–Trinajstić information content (AvgIpc) is 3.30. The van der Waals surface area contributed by atoms with Crippen LogP contribution in [-0.4, -0.2) is 35.7 Å². The van der Waals surface area contributed by atoms with E-state index in [-0.39, 0.29) is 23.4 Å². The van der Waals surface area contributed by atoms with Crippen LogP contribution >= 0.6 is 0 Å². The molecule has 4 rings (SSSR count). The monoisotopic (exact) mass is 415 g/mol. The number of hydrogen-bond acceptors (Lipinski definition) is 5. The van der Waals surface area contributed by atoms with Crippen molar-refractivity contribution in [2.24, 2.45) is 12.5 Å². The molecule has 31 heavy (non-hydrogen) atoms. The van der Waals surface area contributed by atoms with Gasteiger partial charge in [0.2, 0.25) is 5.78 Å². The van der Waals surface area contributed by atoms with Crippen molar-refractivity contribution >= 4 is 17.3 Å². The summed E-state index contributed by atoms with van der Waals surface area (Å²) in [5.74, 6) is 0.260. The van der Waals surface area contributed by atoms with Gasteiger partial charge in [0.25, 0.3) is 0 Å². The van der Waals surface area contributed by atoms with Crippen LogP contribution in [0, 0.1) is 5.41 Å². The number of Topliss-reactive ketones (excluding diaryl/α,β-unsaturated/α-hetero) is 2. The zero-order valence-corrected chi connectivity index (χ0v) is 18.2. The Morgan fingerprint density at radius 3 is 2.45 bits per heavy atom. The van der Waals surface area contributed by atoms with E-state index in [0.717, 1.165) is 11.3 Å². The van der Waals surface area contributed by atoms with Gasteiger partial charge in [-0.25, -0.2) is 9.97 Å². The molecule has 0 aliphatic carbocycles. The van der Waals surface area contributed by atoms with E-state index in [9.17, 15) is 9.59 Å². The number of imidazole rings is 1. The highest BCUT2D eigenvalue weighted by Crippen LogP contribution is 2.24. The molecule has 7 heteroatoms. The number of nitrogens with zero attached hydrogens (tertiary/aromatic N) is 5. The molecule has 0 aliphatic rings. The second kappa shape index (κ2) is 7.91. The van der Waals surface area contributed by atoms with Crippen molar-refractivity contribution in [3.8, 4) is 11.3 Å². The lowest BCUT2D eigenvalue weighted by atomic mass is 9.87. The molecule has 0 spiro atoms. The lowest BCUT2D eigenvalue weighted by Crippen LogP contribution is -2.18. The summed E-state index contributed by atoms with van der Waals surface area (Å²) in [4.78, 5) is 34.9. The van der Waals surface area contributed by atoms with Crippen molar-refractivity contribution in [1.82, 2.24) is 24.1 Å². The van der Waals surface area contributed by atoms with Gasteiger partial charge in [0.15, 0.2) is 11.6 Å². The molecule has 0 atom stereocenters. The highest BCUT2D eigenvalue weighted by molar-refractivity contribution is 6.08. The Balaban J connectivity index is 1.59. The maximum atomic E-state index is 13.1. The van der Waals surface area contributed by atoms with Crippen molar-refractivity contribution in [1.29, 1.82) is 0 Å². The minimum Gasteiger partial charge on any atom is -0.294 e. The number of fused-ring (bicyclic) bond motifs is 1. The van der Waals surface area contributed by atoms with E-state index in [0.29, 0.717) is 29.1 Å². The second-order valence-corrected chi connectivity index (χ2v) is 8.91. The van der Waals surface area contributed by atoms with Gasteiger partial charge in [-0.3, -0.25) is 18.7 Å². The van der Waals surface area contributed by atoms with Crippen LogP contribution in [0.2, 0.25) is 0 Å². The number of ketones is 2. The van der Waals surface area contributed by atoms with Crippen molar-refractivity contribution in [3.05, 3.63) is 71.9 Å². The van der Waals surface area contributed by atoms with E-state index >= 15 is 0 Å². The predicted molar refractivity (Wildman–Crippen MR) is 118 cm³/mol. The van der Waals surface area contributed by atoms with Crippen LogP contribution in [0.15, 0.2) is 55.0 Å². The van der Waals surface area contributed by atoms with E-state index in [4.69, 9.17) is 0 Å². The third kappa shape index (κ3) is 4.45. The fraction of sp³-hybridized carbons (Fsp3) is 0.292. The number of aromatic nitrogens is 5. The van der Waals surface area contributed by atoms with Crippen molar-refractivity contribution in [2.45, 2.75) is 33.6 Å². The highest BCUT2D eigenvalue weighted by atomic mass is 16.1. The minimum absolute atomic E-state index is 0.0688. The van der Waals surface area contributed by atoms with Crippen LogP contribution < -0.4 is 0 Å². The normalized spacial score (nSPS) is 11.7. The summed E-state index contributed by atoms with van der Waals surface area (Å²) >= 11 is 0. The first-order valence-corrected chi connectivity index (χ1v) is 10.2. The first-order chi connectivity index (χ1) is 14.7. The molecule has 0 radical (unpaired) electrons. The first kappa shape index (κ1) is 20.7. The molecule has 0 aliphatic heterocycles. The highest BCUT2D eigenvalue weighted by Gasteiger charge is 2.25. The van der Waals surface area contributed by atoms with Gasteiger partial charge in [-0.05, 0) is 11.5 Å². The summed E-state index contributed by atoms with van der Waals surface area (Å²) in [6, 6.07) is 11.7. The van der Waals surface area contributed by atoms with Gasteiger partial charge in [0, 0.05) is 31.4 Å². The van der Waals surface area contributed by atoms with Crippen molar-refractivity contribution < 1.29 is 9.59 Å². The lowest BCUT2D eigenvalue weighted by molar-refractivity contribution is 0.0920. The molecule has 0 unspecified atom stereocenters. The quantitative estimate of drug-likeness (QED) is 0.441. The Morgan fingerprint density at radius 1 is 1.00 bits per heavy atom. The van der Waals surface area contributed by atoms with Gasteiger partial charge in [0.05, 0.1) is 29.6 Å². The van der Waals surface area contributed by atoms with Gasteiger partial charge >= 0.3 is 0 Å². The molecule has 158 valence electrons. The lowest BCUT2D eigenvalue weighted by Gasteiger charge is -2.16. The van der Waals surface area contributed by atoms with Gasteiger partial charge in [0.1, 0.15) is 5.69 Å². The number of carbonyl (C=O) groups is 2.